The maximum atomic E-state index is 3.71. The number of hydrogen-bond acceptors (Lipinski definition) is 0. The molecule has 0 saturated heterocycles. The van der Waals surface area contributed by atoms with Gasteiger partial charge in [-0.05, 0) is 28.3 Å². The minimum atomic E-state index is 0.00404. The van der Waals surface area contributed by atoms with Crippen molar-refractivity contribution in [2.45, 2.75) is 26.1 Å². The molecule has 2 heteroatoms. The zero-order chi connectivity index (χ0) is 16.5. The molecule has 0 saturated carbocycles. The quantitative estimate of drug-likeness (QED) is 0.476. The van der Waals surface area contributed by atoms with Crippen LogP contribution in [0, 0.1) is 0 Å². The Kier molecular flexibility index (Phi) is 2.63. The molecule has 0 amide bonds. The Bertz CT molecular complexity index is 1120. The van der Waals surface area contributed by atoms with E-state index in [2.05, 4.69) is 87.5 Å². The van der Waals surface area contributed by atoms with Gasteiger partial charge in [0.1, 0.15) is 7.28 Å². The second kappa shape index (κ2) is 4.54. The van der Waals surface area contributed by atoms with E-state index >= 15 is 0 Å². The molecule has 115 valence electrons. The Morgan fingerprint density at radius 3 is 2.50 bits per heavy atom. The van der Waals surface area contributed by atoms with Crippen LogP contribution in [0.25, 0.3) is 32.9 Å². The van der Waals surface area contributed by atoms with Crippen LogP contribution in [-0.2, 0) is 5.41 Å². The zero-order valence-corrected chi connectivity index (χ0v) is 14.3. The maximum Gasteiger partial charge on any atom is 0.149 e. The Labute approximate surface area is 143 Å². The molecule has 1 radical (unpaired) electrons. The highest BCUT2D eigenvalue weighted by molar-refractivity contribution is 6.55. The number of rotatable bonds is 1. The molecule has 0 bridgehead atoms. The molecule has 24 heavy (non-hydrogen) atoms. The Hall–Kier alpha value is -2.48. The van der Waals surface area contributed by atoms with Gasteiger partial charge in [-0.3, -0.25) is 0 Å². The van der Waals surface area contributed by atoms with Crippen molar-refractivity contribution in [3.05, 3.63) is 65.7 Å². The van der Waals surface area contributed by atoms with Gasteiger partial charge in [0.15, 0.2) is 0 Å². The molecule has 1 nitrogen and oxygen atoms in total. The first-order chi connectivity index (χ1) is 11.6. The van der Waals surface area contributed by atoms with E-state index < -0.39 is 0 Å². The topological polar surface area (TPSA) is 15.8 Å². The lowest BCUT2D eigenvalue weighted by Crippen LogP contribution is -2.19. The van der Waals surface area contributed by atoms with Gasteiger partial charge in [-0.15, -0.1) is 0 Å². The standard InChI is InChI=1S/C22H19BN/c1-22(2)16-10-6-4-9-14(16)19-17(23-3)12-15-13-8-5-7-11-18(13)24-21(15)20(19)22/h4-12,24H,1-3H3. The van der Waals surface area contributed by atoms with Crippen molar-refractivity contribution in [1.82, 2.24) is 4.98 Å². The Balaban J connectivity index is 2.03. The number of aromatic amines is 1. The fourth-order valence-corrected chi connectivity index (χ4v) is 4.53. The van der Waals surface area contributed by atoms with Gasteiger partial charge >= 0.3 is 0 Å². The van der Waals surface area contributed by atoms with Gasteiger partial charge in [-0.2, -0.15) is 0 Å². The fourth-order valence-electron chi connectivity index (χ4n) is 4.53. The molecule has 1 heterocycles. The average molecular weight is 308 g/mol. The third-order valence-corrected chi connectivity index (χ3v) is 5.64. The SMILES string of the molecule is C[B]c1cc2c([nH]c3ccccc32)c2c1-c1ccccc1C2(C)C. The van der Waals surface area contributed by atoms with Gasteiger partial charge in [-0.1, -0.05) is 74.7 Å². The fraction of sp³-hybridized carbons (Fsp3) is 0.182. The molecule has 5 rings (SSSR count). The van der Waals surface area contributed by atoms with E-state index in [1.54, 1.807) is 0 Å². The molecule has 0 spiro atoms. The number of para-hydroxylation sites is 1. The molecule has 0 unspecified atom stereocenters. The number of H-pyrrole nitrogens is 1. The van der Waals surface area contributed by atoms with E-state index in [1.165, 1.54) is 49.5 Å². The summed E-state index contributed by atoms with van der Waals surface area (Å²) in [7, 11) is 2.25. The molecule has 4 aromatic rings. The summed E-state index contributed by atoms with van der Waals surface area (Å²) in [6, 6.07) is 19.8. The van der Waals surface area contributed by atoms with Crippen molar-refractivity contribution in [2.24, 2.45) is 0 Å². The molecule has 0 aliphatic heterocycles. The highest BCUT2D eigenvalue weighted by Crippen LogP contribution is 2.50. The summed E-state index contributed by atoms with van der Waals surface area (Å²) >= 11 is 0. The molecule has 0 fully saturated rings. The van der Waals surface area contributed by atoms with Gasteiger partial charge in [0.2, 0.25) is 0 Å². The highest BCUT2D eigenvalue weighted by atomic mass is 14.7. The average Bonchev–Trinajstić information content (AvgIpc) is 3.08. The Morgan fingerprint density at radius 2 is 1.67 bits per heavy atom. The first kappa shape index (κ1) is 13.9. The van der Waals surface area contributed by atoms with Crippen LogP contribution in [0.15, 0.2) is 54.6 Å². The predicted octanol–water partition coefficient (Wildman–Crippen LogP) is 5.01. The second-order valence-corrected chi connectivity index (χ2v) is 7.27. The normalized spacial score (nSPS) is 14.8. The van der Waals surface area contributed by atoms with Gasteiger partial charge < -0.3 is 4.98 Å². The predicted molar refractivity (Wildman–Crippen MR) is 105 cm³/mol. The second-order valence-electron chi connectivity index (χ2n) is 7.27. The van der Waals surface area contributed by atoms with Crippen molar-refractivity contribution in [1.29, 1.82) is 0 Å². The van der Waals surface area contributed by atoms with Crippen molar-refractivity contribution in [3.8, 4) is 11.1 Å². The van der Waals surface area contributed by atoms with Crippen LogP contribution >= 0.6 is 0 Å². The van der Waals surface area contributed by atoms with Crippen molar-refractivity contribution in [2.75, 3.05) is 0 Å². The Morgan fingerprint density at radius 1 is 0.917 bits per heavy atom. The van der Waals surface area contributed by atoms with Gasteiger partial charge in [0.05, 0.1) is 5.52 Å². The number of hydrogen-bond donors (Lipinski definition) is 1. The lowest BCUT2D eigenvalue weighted by Gasteiger charge is -2.22. The van der Waals surface area contributed by atoms with Crippen molar-refractivity contribution < 1.29 is 0 Å². The number of fused-ring (bicyclic) bond motifs is 7. The van der Waals surface area contributed by atoms with Crippen LogP contribution in [0.4, 0.5) is 0 Å². The van der Waals surface area contributed by atoms with E-state index in [1.807, 2.05) is 0 Å². The minimum absolute atomic E-state index is 0.00404. The smallest absolute Gasteiger partial charge is 0.149 e. The summed E-state index contributed by atoms with van der Waals surface area (Å²) in [4.78, 5) is 3.71. The summed E-state index contributed by atoms with van der Waals surface area (Å²) in [5.41, 5.74) is 9.49. The van der Waals surface area contributed by atoms with E-state index in [0.717, 1.165) is 0 Å². The third kappa shape index (κ3) is 1.56. The molecular formula is C22H19BN. The number of nitrogens with one attached hydrogen (secondary N) is 1. The lowest BCUT2D eigenvalue weighted by molar-refractivity contribution is 0.665. The van der Waals surface area contributed by atoms with Crippen molar-refractivity contribution in [3.63, 3.8) is 0 Å². The maximum absolute atomic E-state index is 3.71. The molecular weight excluding hydrogens is 289 g/mol. The monoisotopic (exact) mass is 308 g/mol. The summed E-state index contributed by atoms with van der Waals surface area (Å²) in [6.45, 7) is 6.84. The van der Waals surface area contributed by atoms with Gasteiger partial charge in [0.25, 0.3) is 0 Å². The molecule has 1 aromatic heterocycles. The lowest BCUT2D eigenvalue weighted by atomic mass is 9.68. The van der Waals surface area contributed by atoms with Crippen LogP contribution in [0.5, 0.6) is 0 Å². The van der Waals surface area contributed by atoms with E-state index in [0.29, 0.717) is 0 Å². The van der Waals surface area contributed by atoms with Crippen LogP contribution < -0.4 is 5.46 Å². The van der Waals surface area contributed by atoms with Crippen LogP contribution in [0.1, 0.15) is 25.0 Å². The number of benzene rings is 3. The van der Waals surface area contributed by atoms with E-state index in [4.69, 9.17) is 0 Å². The summed E-state index contributed by atoms with van der Waals surface area (Å²) in [6.07, 6.45) is 0. The third-order valence-electron chi connectivity index (χ3n) is 5.64. The van der Waals surface area contributed by atoms with Gasteiger partial charge in [-0.25, -0.2) is 0 Å². The first-order valence-electron chi connectivity index (χ1n) is 8.60. The van der Waals surface area contributed by atoms with Crippen LogP contribution in [0.2, 0.25) is 6.82 Å². The van der Waals surface area contributed by atoms with Gasteiger partial charge in [0, 0.05) is 21.7 Å². The highest BCUT2D eigenvalue weighted by Gasteiger charge is 2.38. The number of aromatic nitrogens is 1. The molecule has 3 aromatic carbocycles. The van der Waals surface area contributed by atoms with E-state index in [9.17, 15) is 0 Å². The zero-order valence-electron chi connectivity index (χ0n) is 14.3. The largest absolute Gasteiger partial charge is 0.354 e. The first-order valence-corrected chi connectivity index (χ1v) is 8.60. The van der Waals surface area contributed by atoms with Crippen LogP contribution in [0.3, 0.4) is 0 Å². The summed E-state index contributed by atoms with van der Waals surface area (Å²) < 4.78 is 0. The minimum Gasteiger partial charge on any atom is -0.354 e. The van der Waals surface area contributed by atoms with Crippen molar-refractivity contribution >= 4 is 34.5 Å². The molecule has 1 aliphatic rings. The molecule has 1 N–H and O–H groups in total. The van der Waals surface area contributed by atoms with E-state index in [-0.39, 0.29) is 5.41 Å². The summed E-state index contributed by atoms with van der Waals surface area (Å²) in [5.74, 6) is 0. The van der Waals surface area contributed by atoms with Crippen LogP contribution in [-0.4, -0.2) is 12.3 Å². The molecule has 0 atom stereocenters. The summed E-state index contributed by atoms with van der Waals surface area (Å²) in [5, 5.41) is 2.64. The molecule has 1 aliphatic carbocycles.